The van der Waals surface area contributed by atoms with Crippen molar-refractivity contribution >= 4 is 35.0 Å². The molecule has 0 unspecified atom stereocenters. The fourth-order valence-corrected chi connectivity index (χ4v) is 5.08. The summed E-state index contributed by atoms with van der Waals surface area (Å²) in [6.45, 7) is 8.61. The van der Waals surface area contributed by atoms with E-state index < -0.39 is 0 Å². The van der Waals surface area contributed by atoms with Crippen LogP contribution >= 0.6 is 0 Å². The molecule has 0 atom stereocenters. The van der Waals surface area contributed by atoms with Gasteiger partial charge in [0.2, 0.25) is 0 Å². The normalized spacial score (nSPS) is 15.2. The predicted octanol–water partition coefficient (Wildman–Crippen LogP) is 6.13. The lowest BCUT2D eigenvalue weighted by Crippen LogP contribution is -2.29. The Morgan fingerprint density at radius 3 is 1.00 bits per heavy atom. The van der Waals surface area contributed by atoms with E-state index in [0.29, 0.717) is 11.4 Å². The van der Waals surface area contributed by atoms with Gasteiger partial charge in [0.1, 0.15) is 0 Å². The zero-order chi connectivity index (χ0) is 27.1. The van der Waals surface area contributed by atoms with Gasteiger partial charge in [-0.25, -0.2) is 9.80 Å². The Kier molecular flexibility index (Phi) is 6.41. The Morgan fingerprint density at radius 1 is 0.447 bits per heavy atom. The van der Waals surface area contributed by atoms with Crippen molar-refractivity contribution in [2.24, 2.45) is 0 Å². The molecular weight excluding hydrogens is 476 g/mol. The highest BCUT2D eigenvalue weighted by Crippen LogP contribution is 2.43. The van der Waals surface area contributed by atoms with Crippen LogP contribution in [-0.2, 0) is 19.2 Å². The van der Waals surface area contributed by atoms with E-state index in [9.17, 15) is 19.2 Å². The van der Waals surface area contributed by atoms with E-state index in [1.54, 1.807) is 24.3 Å². The van der Waals surface area contributed by atoms with Crippen molar-refractivity contribution in [1.82, 2.24) is 0 Å². The maximum atomic E-state index is 12.2. The minimum atomic E-state index is -0.349. The largest absolute Gasteiger partial charge is 0.269 e. The van der Waals surface area contributed by atoms with Crippen LogP contribution in [0.4, 0.5) is 11.4 Å². The topological polar surface area (TPSA) is 74.8 Å². The van der Waals surface area contributed by atoms with Gasteiger partial charge in [0.15, 0.2) is 0 Å². The third kappa shape index (κ3) is 4.28. The lowest BCUT2D eigenvalue weighted by atomic mass is 9.81. The molecule has 0 saturated heterocycles. The second-order valence-electron chi connectivity index (χ2n) is 10.1. The summed E-state index contributed by atoms with van der Waals surface area (Å²) in [7, 11) is 0. The highest BCUT2D eigenvalue weighted by molar-refractivity contribution is 6.28. The fraction of sp³-hybridized carbons (Fsp3) is 0.188. The molecule has 38 heavy (non-hydrogen) atoms. The average molecular weight is 505 g/mol. The fourth-order valence-electron chi connectivity index (χ4n) is 5.08. The van der Waals surface area contributed by atoms with Crippen LogP contribution in [0.15, 0.2) is 85.0 Å². The van der Waals surface area contributed by atoms with Gasteiger partial charge in [0.25, 0.3) is 23.6 Å². The number of carbonyl (C=O) groups excluding carboxylic acids is 4. The molecule has 0 bridgehead atoms. The second kappa shape index (κ2) is 9.71. The van der Waals surface area contributed by atoms with Gasteiger partial charge in [-0.05, 0) is 69.5 Å². The van der Waals surface area contributed by atoms with Gasteiger partial charge in [-0.2, -0.15) is 0 Å². The van der Waals surface area contributed by atoms with Crippen LogP contribution in [0, 0.1) is 0 Å². The first-order chi connectivity index (χ1) is 18.2. The number of imide groups is 2. The molecule has 2 heterocycles. The average Bonchev–Trinajstić information content (AvgIpc) is 3.42. The van der Waals surface area contributed by atoms with Gasteiger partial charge in [-0.3, -0.25) is 19.2 Å². The Labute approximate surface area is 221 Å². The van der Waals surface area contributed by atoms with E-state index in [2.05, 4.69) is 39.8 Å². The van der Waals surface area contributed by atoms with Crippen LogP contribution in [-0.4, -0.2) is 23.6 Å². The van der Waals surface area contributed by atoms with E-state index >= 15 is 0 Å². The number of anilines is 2. The Hall–Kier alpha value is -4.58. The zero-order valence-electron chi connectivity index (χ0n) is 21.8. The summed E-state index contributed by atoms with van der Waals surface area (Å²) >= 11 is 0. The molecule has 0 fully saturated rings. The number of carbonyl (C=O) groups is 4. The van der Waals surface area contributed by atoms with E-state index in [0.717, 1.165) is 32.1 Å². The molecule has 0 N–H and O–H groups in total. The van der Waals surface area contributed by atoms with Crippen molar-refractivity contribution in [1.29, 1.82) is 0 Å². The van der Waals surface area contributed by atoms with E-state index in [-0.39, 0.29) is 35.5 Å². The van der Waals surface area contributed by atoms with E-state index in [1.807, 2.05) is 24.3 Å². The summed E-state index contributed by atoms with van der Waals surface area (Å²) in [4.78, 5) is 51.0. The van der Waals surface area contributed by atoms with Crippen molar-refractivity contribution in [3.05, 3.63) is 96.1 Å². The minimum absolute atomic E-state index is 0.237. The molecule has 4 amide bonds. The summed E-state index contributed by atoms with van der Waals surface area (Å²) in [5.41, 5.74) is 7.50. The van der Waals surface area contributed by atoms with Gasteiger partial charge >= 0.3 is 0 Å². The molecule has 0 saturated carbocycles. The number of benzene rings is 3. The van der Waals surface area contributed by atoms with Gasteiger partial charge in [-0.1, -0.05) is 64.1 Å². The first kappa shape index (κ1) is 25.1. The van der Waals surface area contributed by atoms with Crippen molar-refractivity contribution in [2.45, 2.75) is 39.5 Å². The smallest absolute Gasteiger partial charge is 0.258 e. The van der Waals surface area contributed by atoms with Crippen LogP contribution in [0.2, 0.25) is 0 Å². The molecule has 0 aliphatic carbocycles. The van der Waals surface area contributed by atoms with Crippen LogP contribution in [0.3, 0.4) is 0 Å². The number of hydrogen-bond acceptors (Lipinski definition) is 4. The van der Waals surface area contributed by atoms with E-state index in [1.165, 1.54) is 35.4 Å². The lowest BCUT2D eigenvalue weighted by Gasteiger charge is -2.24. The number of nitrogens with zero attached hydrogens (tertiary/aromatic N) is 2. The zero-order valence-corrected chi connectivity index (χ0v) is 21.8. The molecule has 2 aliphatic rings. The highest BCUT2D eigenvalue weighted by Gasteiger charge is 2.27. The molecule has 3 aromatic rings. The summed E-state index contributed by atoms with van der Waals surface area (Å²) < 4.78 is 0. The van der Waals surface area contributed by atoms with Crippen LogP contribution < -0.4 is 9.80 Å². The summed E-state index contributed by atoms with van der Waals surface area (Å²) in [5, 5.41) is 0. The van der Waals surface area contributed by atoms with Crippen LogP contribution in [0.5, 0.6) is 0 Å². The molecule has 2 aliphatic heterocycles. The van der Waals surface area contributed by atoms with Crippen molar-refractivity contribution in [3.8, 4) is 22.3 Å². The molecule has 0 spiro atoms. The number of amides is 4. The van der Waals surface area contributed by atoms with Gasteiger partial charge in [0.05, 0.1) is 11.4 Å². The Bertz CT molecular complexity index is 1370. The first-order valence-corrected chi connectivity index (χ1v) is 12.7. The molecule has 3 aromatic carbocycles. The second-order valence-corrected chi connectivity index (χ2v) is 10.1. The SMILES string of the molecule is CC(C)c1ccc(C(C)C)c(-c2ccc(N3C(=O)C=CC3=O)cc2)c1-c1ccc(N2C(=O)C=CC2=O)cc1. The summed E-state index contributed by atoms with van der Waals surface area (Å²) in [6, 6.07) is 19.3. The monoisotopic (exact) mass is 504 g/mol. The van der Waals surface area contributed by atoms with E-state index in [4.69, 9.17) is 0 Å². The predicted molar refractivity (Wildman–Crippen MR) is 149 cm³/mol. The maximum absolute atomic E-state index is 12.2. The van der Waals surface area contributed by atoms with Crippen LogP contribution in [0.1, 0.15) is 50.7 Å². The van der Waals surface area contributed by atoms with Gasteiger partial charge in [0, 0.05) is 24.3 Å². The minimum Gasteiger partial charge on any atom is -0.269 e. The molecular formula is C32H28N2O4. The molecule has 190 valence electrons. The summed E-state index contributed by atoms with van der Waals surface area (Å²) in [6.07, 6.45) is 5.11. The van der Waals surface area contributed by atoms with Gasteiger partial charge < -0.3 is 0 Å². The first-order valence-electron chi connectivity index (χ1n) is 12.7. The van der Waals surface area contributed by atoms with Crippen molar-refractivity contribution in [3.63, 3.8) is 0 Å². The molecule has 0 aromatic heterocycles. The molecule has 6 heteroatoms. The standard InChI is InChI=1S/C32H28N2O4/c1-19(2)25-13-14-26(20(3)4)32(22-7-11-24(12-8-22)34-29(37)17-18-30(34)38)31(25)21-5-9-23(10-6-21)33-27(35)15-16-28(33)36/h5-20H,1-4H3. The molecule has 0 radical (unpaired) electrons. The lowest BCUT2D eigenvalue weighted by molar-refractivity contribution is -0.121. The van der Waals surface area contributed by atoms with Crippen LogP contribution in [0.25, 0.3) is 22.3 Å². The summed E-state index contributed by atoms with van der Waals surface area (Å²) in [5.74, 6) is -0.921. The van der Waals surface area contributed by atoms with Crippen molar-refractivity contribution < 1.29 is 19.2 Å². The Morgan fingerprint density at radius 2 is 0.737 bits per heavy atom. The quantitative estimate of drug-likeness (QED) is 0.379. The molecule has 6 nitrogen and oxygen atoms in total. The third-order valence-corrected chi connectivity index (χ3v) is 6.96. The number of rotatable bonds is 6. The highest BCUT2D eigenvalue weighted by atomic mass is 16.2. The van der Waals surface area contributed by atoms with Crippen molar-refractivity contribution in [2.75, 3.05) is 9.80 Å². The third-order valence-electron chi connectivity index (χ3n) is 6.96. The van der Waals surface area contributed by atoms with Gasteiger partial charge in [-0.15, -0.1) is 0 Å². The Balaban J connectivity index is 1.64. The number of hydrogen-bond donors (Lipinski definition) is 0. The maximum Gasteiger partial charge on any atom is 0.258 e. The molecule has 5 rings (SSSR count).